The third-order valence-corrected chi connectivity index (χ3v) is 6.92. The second-order valence-corrected chi connectivity index (χ2v) is 8.72. The van der Waals surface area contributed by atoms with E-state index in [0.717, 1.165) is 38.0 Å². The van der Waals surface area contributed by atoms with Gasteiger partial charge in [-0.05, 0) is 43.5 Å². The molecule has 4 atom stereocenters. The number of aryl methyl sites for hydroxylation is 1. The Morgan fingerprint density at radius 3 is 2.97 bits per heavy atom. The first-order valence-electron chi connectivity index (χ1n) is 10.8. The average Bonchev–Trinajstić information content (AvgIpc) is 3.53. The highest BCUT2D eigenvalue weighted by Crippen LogP contribution is 2.54. The van der Waals surface area contributed by atoms with E-state index in [2.05, 4.69) is 22.4 Å². The second-order valence-electron chi connectivity index (χ2n) is 8.72. The molecule has 0 saturated carbocycles. The molecule has 2 N–H and O–H groups in total. The number of amides is 1. The molecule has 4 heterocycles. The molecule has 8 heteroatoms. The van der Waals surface area contributed by atoms with Gasteiger partial charge in [0.05, 0.1) is 35.2 Å². The topological polar surface area (TPSA) is 116 Å². The molecular weight excluding hydrogens is 410 g/mol. The van der Waals surface area contributed by atoms with Crippen LogP contribution in [0, 0.1) is 30.1 Å². The maximum atomic E-state index is 12.5. The van der Waals surface area contributed by atoms with Crippen molar-refractivity contribution in [2.75, 3.05) is 19.6 Å². The predicted molar refractivity (Wildman–Crippen MR) is 115 cm³/mol. The van der Waals surface area contributed by atoms with E-state index in [4.69, 9.17) is 24.3 Å². The van der Waals surface area contributed by atoms with Crippen LogP contribution in [0.25, 0.3) is 0 Å². The molecule has 168 valence electrons. The Morgan fingerprint density at radius 2 is 2.25 bits per heavy atom. The van der Waals surface area contributed by atoms with Crippen LogP contribution in [0.1, 0.15) is 40.1 Å². The van der Waals surface area contributed by atoms with Gasteiger partial charge in [0, 0.05) is 38.0 Å². The highest BCUT2D eigenvalue weighted by atomic mass is 16.5. The Balaban J connectivity index is 0.000000775. The fourth-order valence-electron chi connectivity index (χ4n) is 5.60. The summed E-state index contributed by atoms with van der Waals surface area (Å²) in [5.41, 5.74) is 2.40. The van der Waals surface area contributed by atoms with E-state index in [0.29, 0.717) is 35.3 Å². The molecule has 0 radical (unpaired) electrons. The van der Waals surface area contributed by atoms with Gasteiger partial charge >= 0.3 is 0 Å². The summed E-state index contributed by atoms with van der Waals surface area (Å²) in [6, 6.07) is 11.8. The first-order chi connectivity index (χ1) is 15.5. The van der Waals surface area contributed by atoms with Crippen molar-refractivity contribution in [3.8, 4) is 6.07 Å². The molecule has 1 aromatic carbocycles. The van der Waals surface area contributed by atoms with E-state index >= 15 is 0 Å². The van der Waals surface area contributed by atoms with Crippen LogP contribution in [0.15, 0.2) is 41.0 Å². The van der Waals surface area contributed by atoms with E-state index in [1.165, 1.54) is 0 Å². The number of carboxylic acid groups (broad SMARTS) is 1. The molecule has 1 spiro atoms. The highest BCUT2D eigenvalue weighted by molar-refractivity contribution is 5.95. The third-order valence-electron chi connectivity index (χ3n) is 6.92. The quantitative estimate of drug-likeness (QED) is 0.691. The molecule has 1 aromatic heterocycles. The minimum Gasteiger partial charge on any atom is -0.483 e. The van der Waals surface area contributed by atoms with Gasteiger partial charge in [-0.2, -0.15) is 5.26 Å². The average molecular weight is 437 g/mol. The van der Waals surface area contributed by atoms with Gasteiger partial charge in [0.2, 0.25) is 0 Å². The maximum Gasteiger partial charge on any atom is 0.290 e. The number of furan rings is 1. The number of nitrogens with zero attached hydrogens (tertiary/aromatic N) is 2. The summed E-state index contributed by atoms with van der Waals surface area (Å²) >= 11 is 0. The Bertz CT molecular complexity index is 1030. The molecule has 8 nitrogen and oxygen atoms in total. The van der Waals surface area contributed by atoms with Gasteiger partial charge in [-0.1, -0.05) is 12.1 Å². The van der Waals surface area contributed by atoms with Gasteiger partial charge < -0.3 is 19.6 Å². The summed E-state index contributed by atoms with van der Waals surface area (Å²) in [5.74, 6) is 1.35. The molecule has 32 heavy (non-hydrogen) atoms. The SMILES string of the molecule is Cc1occc1C(=O)NC[C@H]1[C@H]2CN(Cc3cccc(C#N)c3)C[C@]23CC[C@H]1O3.O=CO. The van der Waals surface area contributed by atoms with Gasteiger partial charge in [0.25, 0.3) is 12.4 Å². The Kier molecular flexibility index (Phi) is 6.31. The van der Waals surface area contributed by atoms with Crippen LogP contribution in [-0.2, 0) is 16.1 Å². The highest BCUT2D eigenvalue weighted by Gasteiger charge is 2.62. The molecule has 0 aliphatic carbocycles. The monoisotopic (exact) mass is 437 g/mol. The Labute approximate surface area is 186 Å². The number of nitrogens with one attached hydrogen (secondary N) is 1. The Hall–Kier alpha value is -3.15. The minimum atomic E-state index is -0.250. The summed E-state index contributed by atoms with van der Waals surface area (Å²) < 4.78 is 11.7. The molecular formula is C24H27N3O5. The zero-order valence-corrected chi connectivity index (χ0v) is 18.0. The number of benzene rings is 1. The number of hydrogen-bond donors (Lipinski definition) is 2. The van der Waals surface area contributed by atoms with Crippen molar-refractivity contribution in [1.82, 2.24) is 10.2 Å². The lowest BCUT2D eigenvalue weighted by molar-refractivity contribution is -0.122. The van der Waals surface area contributed by atoms with Crippen LogP contribution < -0.4 is 5.32 Å². The zero-order chi connectivity index (χ0) is 22.7. The van der Waals surface area contributed by atoms with Crippen molar-refractivity contribution >= 4 is 12.4 Å². The standard InChI is InChI=1S/C23H25N3O3.CH2O2/c1-15-18(6-8-28-15)22(27)25-11-19-20-13-26(14-23(20)7-5-21(19)29-23)12-17-4-2-3-16(9-17)10-24;2-1-3/h2-4,6,8-9,19-21H,5,7,11-14H2,1H3,(H,25,27);1H,(H,2,3)/t19-,20+,21+,23+;/m0./s1. The van der Waals surface area contributed by atoms with Gasteiger partial charge in [0.1, 0.15) is 5.76 Å². The molecule has 3 fully saturated rings. The first-order valence-corrected chi connectivity index (χ1v) is 10.8. The lowest BCUT2D eigenvalue weighted by Gasteiger charge is -2.29. The van der Waals surface area contributed by atoms with Crippen molar-refractivity contribution in [3.63, 3.8) is 0 Å². The summed E-state index contributed by atoms with van der Waals surface area (Å²) in [6.07, 6.45) is 3.97. The number of nitriles is 1. The van der Waals surface area contributed by atoms with Crippen molar-refractivity contribution < 1.29 is 23.8 Å². The number of fused-ring (bicyclic) bond motifs is 1. The van der Waals surface area contributed by atoms with Crippen LogP contribution in [0.5, 0.6) is 0 Å². The molecule has 3 aliphatic heterocycles. The van der Waals surface area contributed by atoms with Crippen molar-refractivity contribution in [1.29, 1.82) is 5.26 Å². The van der Waals surface area contributed by atoms with E-state index in [9.17, 15) is 4.79 Å². The predicted octanol–water partition coefficient (Wildman–Crippen LogP) is 2.57. The third kappa shape index (κ3) is 4.14. The second kappa shape index (κ2) is 9.15. The number of hydrogen-bond acceptors (Lipinski definition) is 6. The normalized spacial score (nSPS) is 27.8. The number of ether oxygens (including phenoxy) is 1. The number of rotatable bonds is 5. The largest absolute Gasteiger partial charge is 0.483 e. The van der Waals surface area contributed by atoms with Gasteiger partial charge in [-0.3, -0.25) is 14.5 Å². The van der Waals surface area contributed by atoms with E-state index in [1.54, 1.807) is 19.3 Å². The summed E-state index contributed by atoms with van der Waals surface area (Å²) in [4.78, 5) is 23.3. The lowest BCUT2D eigenvalue weighted by atomic mass is 9.73. The maximum absolute atomic E-state index is 12.5. The summed E-state index contributed by atoms with van der Waals surface area (Å²) in [5, 5.41) is 19.1. The van der Waals surface area contributed by atoms with E-state index < -0.39 is 0 Å². The van der Waals surface area contributed by atoms with E-state index in [-0.39, 0.29) is 24.1 Å². The molecule has 2 aromatic rings. The molecule has 3 saturated heterocycles. The number of carbonyl (C=O) groups excluding carboxylic acids is 1. The van der Waals surface area contributed by atoms with Crippen LogP contribution in [0.2, 0.25) is 0 Å². The summed E-state index contributed by atoms with van der Waals surface area (Å²) in [6.45, 7) is 4.92. The van der Waals surface area contributed by atoms with Gasteiger partial charge in [-0.25, -0.2) is 0 Å². The lowest BCUT2D eigenvalue weighted by Crippen LogP contribution is -2.41. The van der Waals surface area contributed by atoms with Gasteiger partial charge in [0.15, 0.2) is 0 Å². The Morgan fingerprint density at radius 1 is 1.44 bits per heavy atom. The molecule has 0 unspecified atom stereocenters. The molecule has 5 rings (SSSR count). The van der Waals surface area contributed by atoms with Crippen LogP contribution in [0.3, 0.4) is 0 Å². The van der Waals surface area contributed by atoms with Gasteiger partial charge in [-0.15, -0.1) is 0 Å². The van der Waals surface area contributed by atoms with Crippen LogP contribution in [-0.4, -0.2) is 53.7 Å². The van der Waals surface area contributed by atoms with Crippen LogP contribution >= 0.6 is 0 Å². The van der Waals surface area contributed by atoms with Crippen molar-refractivity contribution in [2.45, 2.75) is 38.0 Å². The summed E-state index contributed by atoms with van der Waals surface area (Å²) in [7, 11) is 0. The van der Waals surface area contributed by atoms with Crippen molar-refractivity contribution in [2.24, 2.45) is 11.8 Å². The fraction of sp³-hybridized carbons (Fsp3) is 0.458. The smallest absolute Gasteiger partial charge is 0.290 e. The molecule has 2 bridgehead atoms. The first kappa shape index (κ1) is 22.1. The molecule has 3 aliphatic rings. The molecule has 1 amide bonds. The van der Waals surface area contributed by atoms with Crippen molar-refractivity contribution in [3.05, 3.63) is 59.0 Å². The number of carbonyl (C=O) groups is 2. The number of likely N-dealkylation sites (tertiary alicyclic amines) is 1. The van der Waals surface area contributed by atoms with Crippen LogP contribution in [0.4, 0.5) is 0 Å². The zero-order valence-electron chi connectivity index (χ0n) is 18.0. The fourth-order valence-corrected chi connectivity index (χ4v) is 5.60. The van der Waals surface area contributed by atoms with E-state index in [1.807, 2.05) is 18.2 Å². The minimum absolute atomic E-state index is 0.0710.